The molecule has 2 heterocycles. The average Bonchev–Trinajstić information content (AvgIpc) is 3.91. The molecule has 10 aromatic rings. The van der Waals surface area contributed by atoms with Gasteiger partial charge < -0.3 is 14.1 Å². The SMILES string of the molecule is CC1(C)c2ccccc2-c2ccc(N(c3ccccc3)c3ccccc3-c3cccc4oc5c6c(ccc5c34)C3(c4ccccc4Oc4ccccc43)c3ccccc3-6)cc21. The smallest absolute Gasteiger partial charge is 0.143 e. The van der Waals surface area contributed by atoms with Gasteiger partial charge in [-0.05, 0) is 93.0 Å². The molecule has 0 bridgehead atoms. The average molecular weight is 782 g/mol. The zero-order chi connectivity index (χ0) is 40.5. The van der Waals surface area contributed by atoms with E-state index in [9.17, 15) is 0 Å². The lowest BCUT2D eigenvalue weighted by Gasteiger charge is -2.39. The van der Waals surface area contributed by atoms with Gasteiger partial charge in [-0.3, -0.25) is 0 Å². The first-order chi connectivity index (χ1) is 30.0. The Morgan fingerprint density at radius 1 is 0.410 bits per heavy atom. The zero-order valence-electron chi connectivity index (χ0n) is 33.8. The number of rotatable bonds is 4. The molecule has 0 fully saturated rings. The number of nitrogens with zero attached hydrogens (tertiary/aromatic N) is 1. The van der Waals surface area contributed by atoms with Gasteiger partial charge in [-0.15, -0.1) is 0 Å². The number of benzene rings is 9. The van der Waals surface area contributed by atoms with E-state index in [1.54, 1.807) is 0 Å². The predicted octanol–water partition coefficient (Wildman–Crippen LogP) is 15.5. The molecule has 61 heavy (non-hydrogen) atoms. The van der Waals surface area contributed by atoms with Crippen LogP contribution in [0.1, 0.15) is 47.2 Å². The number of fused-ring (bicyclic) bond motifs is 16. The summed E-state index contributed by atoms with van der Waals surface area (Å²) in [6.07, 6.45) is 0. The molecule has 0 unspecified atom stereocenters. The van der Waals surface area contributed by atoms with Gasteiger partial charge in [0.15, 0.2) is 0 Å². The van der Waals surface area contributed by atoms with Crippen molar-refractivity contribution in [2.75, 3.05) is 4.90 Å². The van der Waals surface area contributed by atoms with E-state index in [0.717, 1.165) is 78.3 Å². The maximum absolute atomic E-state index is 7.15. The summed E-state index contributed by atoms with van der Waals surface area (Å²) in [6.45, 7) is 4.70. The monoisotopic (exact) mass is 781 g/mol. The van der Waals surface area contributed by atoms with Crippen LogP contribution in [0.25, 0.3) is 55.3 Å². The van der Waals surface area contributed by atoms with E-state index >= 15 is 0 Å². The molecule has 1 aliphatic heterocycles. The summed E-state index contributed by atoms with van der Waals surface area (Å²) in [5.41, 5.74) is 19.1. The van der Waals surface area contributed by atoms with E-state index in [4.69, 9.17) is 9.15 Å². The first-order valence-corrected chi connectivity index (χ1v) is 21.2. The Bertz CT molecular complexity index is 3400. The van der Waals surface area contributed by atoms with Gasteiger partial charge in [0.25, 0.3) is 0 Å². The van der Waals surface area contributed by atoms with E-state index < -0.39 is 5.41 Å². The minimum atomic E-state index is -0.568. The minimum absolute atomic E-state index is 0.128. The summed E-state index contributed by atoms with van der Waals surface area (Å²) in [5.74, 6) is 1.76. The van der Waals surface area contributed by atoms with Crippen molar-refractivity contribution < 1.29 is 9.15 Å². The lowest BCUT2D eigenvalue weighted by atomic mass is 9.66. The topological polar surface area (TPSA) is 25.6 Å². The summed E-state index contributed by atoms with van der Waals surface area (Å²) in [6, 6.07) is 72.6. The van der Waals surface area contributed by atoms with Gasteiger partial charge in [0.2, 0.25) is 0 Å². The Morgan fingerprint density at radius 2 is 1.02 bits per heavy atom. The fourth-order valence-corrected chi connectivity index (χ4v) is 11.2. The maximum Gasteiger partial charge on any atom is 0.143 e. The van der Waals surface area contributed by atoms with Crippen molar-refractivity contribution in [3.63, 3.8) is 0 Å². The van der Waals surface area contributed by atoms with E-state index in [2.05, 4.69) is 219 Å². The first-order valence-electron chi connectivity index (χ1n) is 21.2. The third-order valence-electron chi connectivity index (χ3n) is 13.7. The molecule has 1 aromatic heterocycles. The van der Waals surface area contributed by atoms with Crippen molar-refractivity contribution in [1.29, 1.82) is 0 Å². The third-order valence-corrected chi connectivity index (χ3v) is 13.7. The fourth-order valence-electron chi connectivity index (χ4n) is 11.2. The van der Waals surface area contributed by atoms with Crippen LogP contribution in [-0.4, -0.2) is 0 Å². The maximum atomic E-state index is 7.15. The molecule has 0 atom stereocenters. The number of ether oxygens (including phenoxy) is 1. The normalized spacial score (nSPS) is 14.5. The Labute approximate surface area is 354 Å². The molecule has 0 N–H and O–H groups in total. The summed E-state index contributed by atoms with van der Waals surface area (Å²) < 4.78 is 13.8. The van der Waals surface area contributed by atoms with Crippen molar-refractivity contribution in [2.45, 2.75) is 24.7 Å². The second-order valence-electron chi connectivity index (χ2n) is 17.1. The summed E-state index contributed by atoms with van der Waals surface area (Å²) >= 11 is 0. The standard InChI is InChI=1S/C58H39NO2/c1-57(2)44-23-9-6-19-38(44)39-32-31-37(35-49(39)57)59(36-17-4-3-5-18-36)50-27-13-8-20-40(50)41-22-16-30-53-54(41)43-33-34-48-55(56(43)61-53)42-21-7-10-24-45(42)58(48)46-25-11-14-28-51(46)60-52-29-15-12-26-47(52)58/h3-35H,1-2H3. The number of para-hydroxylation sites is 4. The Balaban J connectivity index is 1.04. The fraction of sp³-hybridized carbons (Fsp3) is 0.0690. The molecule has 2 aliphatic carbocycles. The second-order valence-corrected chi connectivity index (χ2v) is 17.1. The van der Waals surface area contributed by atoms with Crippen LogP contribution in [0.3, 0.4) is 0 Å². The van der Waals surface area contributed by atoms with Crippen LogP contribution in [0.15, 0.2) is 205 Å². The van der Waals surface area contributed by atoms with Crippen molar-refractivity contribution in [2.24, 2.45) is 0 Å². The van der Waals surface area contributed by atoms with Crippen molar-refractivity contribution in [1.82, 2.24) is 0 Å². The van der Waals surface area contributed by atoms with Gasteiger partial charge in [0, 0.05) is 49.8 Å². The van der Waals surface area contributed by atoms with Gasteiger partial charge >= 0.3 is 0 Å². The van der Waals surface area contributed by atoms with E-state index in [0.29, 0.717) is 0 Å². The Hall–Kier alpha value is -7.62. The van der Waals surface area contributed by atoms with Gasteiger partial charge in [-0.25, -0.2) is 0 Å². The quantitative estimate of drug-likeness (QED) is 0.178. The number of hydrogen-bond acceptors (Lipinski definition) is 3. The molecule has 0 radical (unpaired) electrons. The molecule has 288 valence electrons. The van der Waals surface area contributed by atoms with Crippen molar-refractivity contribution >= 4 is 39.0 Å². The van der Waals surface area contributed by atoms with Crippen LogP contribution in [-0.2, 0) is 10.8 Å². The molecule has 0 saturated carbocycles. The van der Waals surface area contributed by atoms with E-state index in [1.165, 1.54) is 38.9 Å². The molecule has 1 spiro atoms. The largest absolute Gasteiger partial charge is 0.457 e. The molecule has 3 aliphatic rings. The van der Waals surface area contributed by atoms with Crippen molar-refractivity contribution in [3.05, 3.63) is 234 Å². The molecular weight excluding hydrogens is 743 g/mol. The Morgan fingerprint density at radius 3 is 1.79 bits per heavy atom. The van der Waals surface area contributed by atoms with Gasteiger partial charge in [-0.2, -0.15) is 0 Å². The highest BCUT2D eigenvalue weighted by Crippen LogP contribution is 2.63. The lowest BCUT2D eigenvalue weighted by molar-refractivity contribution is 0.436. The molecular formula is C58H39NO2. The number of hydrogen-bond donors (Lipinski definition) is 0. The van der Waals surface area contributed by atoms with Crippen LogP contribution in [0.4, 0.5) is 17.1 Å². The van der Waals surface area contributed by atoms with Crippen LogP contribution in [0.5, 0.6) is 11.5 Å². The molecule has 0 saturated heterocycles. The van der Waals surface area contributed by atoms with Crippen LogP contribution in [0.2, 0.25) is 0 Å². The predicted molar refractivity (Wildman–Crippen MR) is 249 cm³/mol. The van der Waals surface area contributed by atoms with Crippen LogP contribution >= 0.6 is 0 Å². The molecule has 3 nitrogen and oxygen atoms in total. The van der Waals surface area contributed by atoms with Gasteiger partial charge in [-0.1, -0.05) is 166 Å². The highest BCUT2D eigenvalue weighted by atomic mass is 16.5. The summed E-state index contributed by atoms with van der Waals surface area (Å²) in [5, 5.41) is 2.21. The first kappa shape index (κ1) is 34.3. The highest BCUT2D eigenvalue weighted by Gasteiger charge is 2.52. The molecule has 9 aromatic carbocycles. The Kier molecular flexibility index (Phi) is 6.99. The highest BCUT2D eigenvalue weighted by molar-refractivity contribution is 6.18. The zero-order valence-corrected chi connectivity index (χ0v) is 33.8. The van der Waals surface area contributed by atoms with E-state index in [1.807, 2.05) is 0 Å². The minimum Gasteiger partial charge on any atom is -0.457 e. The van der Waals surface area contributed by atoms with E-state index in [-0.39, 0.29) is 5.41 Å². The third kappa shape index (κ3) is 4.53. The van der Waals surface area contributed by atoms with Crippen molar-refractivity contribution in [3.8, 4) is 44.9 Å². The lowest BCUT2D eigenvalue weighted by Crippen LogP contribution is -2.32. The number of furan rings is 1. The number of anilines is 3. The second kappa shape index (κ2) is 12.5. The summed E-state index contributed by atoms with van der Waals surface area (Å²) in [7, 11) is 0. The molecule has 3 heteroatoms. The van der Waals surface area contributed by atoms with Gasteiger partial charge in [0.05, 0.1) is 11.1 Å². The summed E-state index contributed by atoms with van der Waals surface area (Å²) in [4.78, 5) is 2.42. The van der Waals surface area contributed by atoms with Crippen LogP contribution in [0, 0.1) is 0 Å². The van der Waals surface area contributed by atoms with Gasteiger partial charge in [0.1, 0.15) is 22.7 Å². The molecule has 13 rings (SSSR count). The van der Waals surface area contributed by atoms with Crippen LogP contribution < -0.4 is 9.64 Å². The molecule has 0 amide bonds.